The van der Waals surface area contributed by atoms with Gasteiger partial charge in [0, 0.05) is 30.4 Å². The fraction of sp³-hybridized carbons (Fsp3) is 0.364. The SMILES string of the molecule is COc1ccc(C)cc1-n1c(SCCN2CCOCC2)nc2cc(Cl)ccc2c1=O. The van der Waals surface area contributed by atoms with E-state index in [0.29, 0.717) is 32.5 Å². The van der Waals surface area contributed by atoms with Crippen molar-refractivity contribution in [2.45, 2.75) is 12.1 Å². The smallest absolute Gasteiger partial charge is 0.266 e. The van der Waals surface area contributed by atoms with Crippen molar-refractivity contribution in [3.05, 3.63) is 57.3 Å². The van der Waals surface area contributed by atoms with Gasteiger partial charge in [0.2, 0.25) is 0 Å². The first kappa shape index (κ1) is 21.2. The second-order valence-electron chi connectivity index (χ2n) is 7.17. The lowest BCUT2D eigenvalue weighted by atomic mass is 10.2. The quantitative estimate of drug-likeness (QED) is 0.425. The topological polar surface area (TPSA) is 56.6 Å². The summed E-state index contributed by atoms with van der Waals surface area (Å²) in [5, 5.41) is 1.72. The normalized spacial score (nSPS) is 14.9. The first-order valence-corrected chi connectivity index (χ1v) is 11.2. The second-order valence-corrected chi connectivity index (χ2v) is 8.67. The average Bonchev–Trinajstić information content (AvgIpc) is 2.74. The minimum absolute atomic E-state index is 0.130. The number of hydrogen-bond donors (Lipinski definition) is 0. The largest absolute Gasteiger partial charge is 0.495 e. The van der Waals surface area contributed by atoms with E-state index < -0.39 is 0 Å². The van der Waals surface area contributed by atoms with Crippen LogP contribution in [0.15, 0.2) is 46.3 Å². The van der Waals surface area contributed by atoms with E-state index in [9.17, 15) is 4.79 Å². The van der Waals surface area contributed by atoms with E-state index in [-0.39, 0.29) is 5.56 Å². The highest BCUT2D eigenvalue weighted by Gasteiger charge is 2.18. The summed E-state index contributed by atoms with van der Waals surface area (Å²) < 4.78 is 12.6. The molecule has 158 valence electrons. The first-order valence-electron chi connectivity index (χ1n) is 9.87. The Labute approximate surface area is 184 Å². The molecule has 0 atom stereocenters. The Hall–Kier alpha value is -2.06. The Bertz CT molecular complexity index is 1110. The Morgan fingerprint density at radius 1 is 1.20 bits per heavy atom. The first-order chi connectivity index (χ1) is 14.6. The van der Waals surface area contributed by atoms with Crippen molar-refractivity contribution in [1.82, 2.24) is 14.5 Å². The van der Waals surface area contributed by atoms with Crippen LogP contribution in [0.25, 0.3) is 16.6 Å². The van der Waals surface area contributed by atoms with E-state index in [2.05, 4.69) is 4.90 Å². The van der Waals surface area contributed by atoms with Crippen molar-refractivity contribution < 1.29 is 9.47 Å². The van der Waals surface area contributed by atoms with Crippen LogP contribution >= 0.6 is 23.4 Å². The van der Waals surface area contributed by atoms with Crippen LogP contribution in [0.4, 0.5) is 0 Å². The van der Waals surface area contributed by atoms with Gasteiger partial charge in [-0.3, -0.25) is 14.3 Å². The summed E-state index contributed by atoms with van der Waals surface area (Å²) >= 11 is 7.73. The van der Waals surface area contributed by atoms with Gasteiger partial charge in [0.15, 0.2) is 5.16 Å². The maximum absolute atomic E-state index is 13.5. The van der Waals surface area contributed by atoms with Crippen LogP contribution in [0.5, 0.6) is 5.75 Å². The van der Waals surface area contributed by atoms with Gasteiger partial charge in [-0.05, 0) is 42.8 Å². The molecular weight excluding hydrogens is 422 g/mol. The summed E-state index contributed by atoms with van der Waals surface area (Å²) in [6.45, 7) is 6.29. The number of fused-ring (bicyclic) bond motifs is 1. The number of thioether (sulfide) groups is 1. The fourth-order valence-corrected chi connectivity index (χ4v) is 4.68. The molecule has 1 aromatic heterocycles. The van der Waals surface area contributed by atoms with Crippen LogP contribution in [0.2, 0.25) is 5.02 Å². The van der Waals surface area contributed by atoms with Gasteiger partial charge in [-0.25, -0.2) is 4.98 Å². The van der Waals surface area contributed by atoms with Gasteiger partial charge >= 0.3 is 0 Å². The van der Waals surface area contributed by atoms with Gasteiger partial charge < -0.3 is 9.47 Å². The molecule has 0 unspecified atom stereocenters. The van der Waals surface area contributed by atoms with E-state index in [1.165, 1.54) is 0 Å². The minimum Gasteiger partial charge on any atom is -0.495 e. The van der Waals surface area contributed by atoms with Crippen LogP contribution in [0, 0.1) is 6.92 Å². The third kappa shape index (κ3) is 4.49. The maximum Gasteiger partial charge on any atom is 0.266 e. The molecule has 0 amide bonds. The molecule has 1 aliphatic heterocycles. The number of halogens is 1. The monoisotopic (exact) mass is 445 g/mol. The van der Waals surface area contributed by atoms with E-state index in [0.717, 1.165) is 44.2 Å². The molecule has 0 bridgehead atoms. The Kier molecular flexibility index (Phi) is 6.63. The standard InChI is InChI=1S/C22H24ClN3O3S/c1-15-3-6-20(28-2)19(13-15)26-21(27)17-5-4-16(23)14-18(17)24-22(26)30-12-9-25-7-10-29-11-8-25/h3-6,13-14H,7-12H2,1-2H3. The third-order valence-corrected chi connectivity index (χ3v) is 6.27. The number of morpholine rings is 1. The molecule has 3 aromatic rings. The Morgan fingerprint density at radius 2 is 2.00 bits per heavy atom. The van der Waals surface area contributed by atoms with Crippen molar-refractivity contribution in [3.8, 4) is 11.4 Å². The van der Waals surface area contributed by atoms with Crippen LogP contribution in [-0.4, -0.2) is 60.2 Å². The zero-order valence-corrected chi connectivity index (χ0v) is 18.6. The van der Waals surface area contributed by atoms with Gasteiger partial charge in [-0.15, -0.1) is 0 Å². The maximum atomic E-state index is 13.5. The molecule has 0 spiro atoms. The lowest BCUT2D eigenvalue weighted by molar-refractivity contribution is 0.0410. The molecule has 0 aliphatic carbocycles. The average molecular weight is 446 g/mol. The molecule has 1 aliphatic rings. The number of aromatic nitrogens is 2. The van der Waals surface area contributed by atoms with Crippen LogP contribution in [-0.2, 0) is 4.74 Å². The fourth-order valence-electron chi connectivity index (χ4n) is 3.51. The summed E-state index contributed by atoms with van der Waals surface area (Å²) in [6, 6.07) is 11.0. The number of aryl methyl sites for hydroxylation is 1. The number of rotatable bonds is 6. The van der Waals surface area contributed by atoms with Crippen molar-refractivity contribution in [3.63, 3.8) is 0 Å². The molecule has 2 heterocycles. The number of hydrogen-bond acceptors (Lipinski definition) is 6. The third-order valence-electron chi connectivity index (χ3n) is 5.12. The lowest BCUT2D eigenvalue weighted by Gasteiger charge is -2.26. The van der Waals surface area contributed by atoms with Crippen LogP contribution < -0.4 is 10.3 Å². The lowest BCUT2D eigenvalue weighted by Crippen LogP contribution is -2.37. The number of methoxy groups -OCH3 is 1. The Morgan fingerprint density at radius 3 is 2.77 bits per heavy atom. The van der Waals surface area contributed by atoms with E-state index in [4.69, 9.17) is 26.1 Å². The zero-order valence-electron chi connectivity index (χ0n) is 17.1. The zero-order chi connectivity index (χ0) is 21.1. The van der Waals surface area contributed by atoms with Crippen LogP contribution in [0.1, 0.15) is 5.56 Å². The predicted octanol–water partition coefficient (Wildman–Crippen LogP) is 3.78. The van der Waals surface area contributed by atoms with Crippen molar-refractivity contribution >= 4 is 34.3 Å². The van der Waals surface area contributed by atoms with Gasteiger partial charge in [0.05, 0.1) is 36.9 Å². The van der Waals surface area contributed by atoms with E-state index in [1.54, 1.807) is 41.6 Å². The highest BCUT2D eigenvalue weighted by Crippen LogP contribution is 2.28. The summed E-state index contributed by atoms with van der Waals surface area (Å²) in [6.07, 6.45) is 0. The van der Waals surface area contributed by atoms with Crippen molar-refractivity contribution in [2.24, 2.45) is 0 Å². The number of nitrogens with zero attached hydrogens (tertiary/aromatic N) is 3. The van der Waals surface area contributed by atoms with E-state index in [1.807, 2.05) is 25.1 Å². The molecule has 8 heteroatoms. The second kappa shape index (κ2) is 9.39. The minimum atomic E-state index is -0.130. The summed E-state index contributed by atoms with van der Waals surface area (Å²) in [7, 11) is 1.61. The van der Waals surface area contributed by atoms with Gasteiger partial charge in [-0.2, -0.15) is 0 Å². The highest BCUT2D eigenvalue weighted by atomic mass is 35.5. The van der Waals surface area contributed by atoms with Crippen molar-refractivity contribution in [2.75, 3.05) is 45.7 Å². The molecule has 1 saturated heterocycles. The molecule has 2 aromatic carbocycles. The summed E-state index contributed by atoms with van der Waals surface area (Å²) in [5.41, 5.74) is 2.21. The van der Waals surface area contributed by atoms with E-state index >= 15 is 0 Å². The molecule has 0 radical (unpaired) electrons. The summed E-state index contributed by atoms with van der Waals surface area (Å²) in [5.74, 6) is 1.44. The van der Waals surface area contributed by atoms with Gasteiger partial charge in [-0.1, -0.05) is 29.4 Å². The molecule has 1 fully saturated rings. The number of ether oxygens (including phenoxy) is 2. The highest BCUT2D eigenvalue weighted by molar-refractivity contribution is 7.99. The molecule has 4 rings (SSSR count). The van der Waals surface area contributed by atoms with Gasteiger partial charge in [0.25, 0.3) is 5.56 Å². The van der Waals surface area contributed by atoms with Gasteiger partial charge in [0.1, 0.15) is 5.75 Å². The molecule has 30 heavy (non-hydrogen) atoms. The predicted molar refractivity (Wildman–Crippen MR) is 122 cm³/mol. The number of benzene rings is 2. The molecule has 0 saturated carbocycles. The molecule has 6 nitrogen and oxygen atoms in total. The Balaban J connectivity index is 1.77. The molecule has 0 N–H and O–H groups in total. The van der Waals surface area contributed by atoms with Crippen molar-refractivity contribution in [1.29, 1.82) is 0 Å². The summed E-state index contributed by atoms with van der Waals surface area (Å²) in [4.78, 5) is 20.7. The molecular formula is C22H24ClN3O3S. The van der Waals surface area contributed by atoms with Crippen LogP contribution in [0.3, 0.4) is 0 Å².